The largest absolute Gasteiger partial charge is 0.488 e. The molecule has 0 amide bonds. The highest BCUT2D eigenvalue weighted by molar-refractivity contribution is 5.39. The molecule has 17 heavy (non-hydrogen) atoms. The average molecular weight is 236 g/mol. The van der Waals surface area contributed by atoms with Crippen molar-refractivity contribution in [1.29, 1.82) is 0 Å². The summed E-state index contributed by atoms with van der Waals surface area (Å²) in [6.45, 7) is 10.2. The molecule has 96 valence electrons. The van der Waals surface area contributed by atoms with Crippen LogP contribution in [0.5, 0.6) is 5.75 Å². The Hall–Kier alpha value is -1.02. The molecular formula is C15H24O2. The van der Waals surface area contributed by atoms with Crippen LogP contribution >= 0.6 is 0 Å². The minimum absolute atomic E-state index is 0.167. The maximum Gasteiger partial charge on any atom is 0.123 e. The molecule has 0 radical (unpaired) electrons. The summed E-state index contributed by atoms with van der Waals surface area (Å²) in [6.07, 6.45) is 0.138. The zero-order valence-electron chi connectivity index (χ0n) is 11.5. The Morgan fingerprint density at radius 1 is 1.24 bits per heavy atom. The first-order valence-electron chi connectivity index (χ1n) is 6.41. The maximum absolute atomic E-state index is 9.76. The summed E-state index contributed by atoms with van der Waals surface area (Å²) >= 11 is 0. The lowest BCUT2D eigenvalue weighted by Crippen LogP contribution is -2.28. The average Bonchev–Trinajstić information content (AvgIpc) is 2.27. The lowest BCUT2D eigenvalue weighted by molar-refractivity contribution is 0.0444. The molecule has 1 aromatic rings. The van der Waals surface area contributed by atoms with Gasteiger partial charge in [-0.25, -0.2) is 0 Å². The number of hydrogen-bond acceptors (Lipinski definition) is 2. The number of rotatable bonds is 5. The highest BCUT2D eigenvalue weighted by Gasteiger charge is 2.16. The first kappa shape index (κ1) is 14.0. The quantitative estimate of drug-likeness (QED) is 0.845. The zero-order chi connectivity index (χ0) is 13.0. The third-order valence-corrected chi connectivity index (χ3v) is 3.06. The van der Waals surface area contributed by atoms with Crippen LogP contribution in [0.25, 0.3) is 0 Å². The number of benzene rings is 1. The molecule has 2 heteroatoms. The van der Waals surface area contributed by atoms with Gasteiger partial charge in [0.1, 0.15) is 11.9 Å². The normalized spacial score (nSPS) is 14.8. The van der Waals surface area contributed by atoms with E-state index in [2.05, 4.69) is 32.9 Å². The molecule has 0 aliphatic heterocycles. The Morgan fingerprint density at radius 3 is 2.41 bits per heavy atom. The fourth-order valence-electron chi connectivity index (χ4n) is 1.83. The molecule has 0 aromatic heterocycles. The number of aryl methyl sites for hydroxylation is 1. The summed E-state index contributed by atoms with van der Waals surface area (Å²) in [4.78, 5) is 0. The summed E-state index contributed by atoms with van der Waals surface area (Å²) in [7, 11) is 0. The molecule has 0 saturated heterocycles. The third-order valence-electron chi connectivity index (χ3n) is 3.06. The highest BCUT2D eigenvalue weighted by atomic mass is 16.5. The van der Waals surface area contributed by atoms with E-state index in [0.717, 1.165) is 5.75 Å². The lowest BCUT2D eigenvalue weighted by atomic mass is 10.0. The summed E-state index contributed by atoms with van der Waals surface area (Å²) < 4.78 is 5.89. The van der Waals surface area contributed by atoms with Gasteiger partial charge >= 0.3 is 0 Å². The second-order valence-corrected chi connectivity index (χ2v) is 4.99. The molecule has 1 rings (SSSR count). The SMILES string of the molecule is CCC(O)C(C)Oc1cc(C)ccc1C(C)C. The molecule has 2 unspecified atom stereocenters. The van der Waals surface area contributed by atoms with Gasteiger partial charge in [-0.1, -0.05) is 32.9 Å². The van der Waals surface area contributed by atoms with Crippen molar-refractivity contribution < 1.29 is 9.84 Å². The summed E-state index contributed by atoms with van der Waals surface area (Å²) in [6, 6.07) is 6.26. The van der Waals surface area contributed by atoms with Gasteiger partial charge in [0.2, 0.25) is 0 Å². The monoisotopic (exact) mass is 236 g/mol. The number of ether oxygens (including phenoxy) is 1. The Balaban J connectivity index is 2.92. The zero-order valence-corrected chi connectivity index (χ0v) is 11.5. The van der Waals surface area contributed by atoms with E-state index in [9.17, 15) is 5.11 Å². The first-order valence-corrected chi connectivity index (χ1v) is 6.41. The van der Waals surface area contributed by atoms with E-state index in [0.29, 0.717) is 12.3 Å². The summed E-state index contributed by atoms with van der Waals surface area (Å²) in [5, 5.41) is 9.76. The van der Waals surface area contributed by atoms with Crippen LogP contribution < -0.4 is 4.74 Å². The van der Waals surface area contributed by atoms with Crippen LogP contribution in [0.3, 0.4) is 0 Å². The number of aliphatic hydroxyl groups excluding tert-OH is 1. The van der Waals surface area contributed by atoms with Crippen molar-refractivity contribution in [3.05, 3.63) is 29.3 Å². The molecule has 0 aliphatic carbocycles. The van der Waals surface area contributed by atoms with Crippen molar-refractivity contribution in [2.45, 2.75) is 59.2 Å². The van der Waals surface area contributed by atoms with E-state index < -0.39 is 6.10 Å². The van der Waals surface area contributed by atoms with Crippen LogP contribution in [0.1, 0.15) is 51.2 Å². The smallest absolute Gasteiger partial charge is 0.123 e. The second kappa shape index (κ2) is 6.06. The van der Waals surface area contributed by atoms with Crippen LogP contribution in [-0.4, -0.2) is 17.3 Å². The fraction of sp³-hybridized carbons (Fsp3) is 0.600. The molecule has 1 N–H and O–H groups in total. The van der Waals surface area contributed by atoms with E-state index >= 15 is 0 Å². The molecule has 0 aliphatic rings. The van der Waals surface area contributed by atoms with Crippen LogP contribution in [0.2, 0.25) is 0 Å². The van der Waals surface area contributed by atoms with E-state index in [-0.39, 0.29) is 6.10 Å². The van der Waals surface area contributed by atoms with E-state index in [1.807, 2.05) is 19.9 Å². The second-order valence-electron chi connectivity index (χ2n) is 4.99. The Kier molecular flexibility index (Phi) is 5.01. The van der Waals surface area contributed by atoms with Gasteiger partial charge < -0.3 is 9.84 Å². The molecule has 0 saturated carbocycles. The van der Waals surface area contributed by atoms with E-state index in [1.54, 1.807) is 0 Å². The predicted octanol–water partition coefficient (Wildman–Crippen LogP) is 3.66. The third kappa shape index (κ3) is 3.74. The molecule has 1 aromatic carbocycles. The van der Waals surface area contributed by atoms with Crippen molar-refractivity contribution >= 4 is 0 Å². The van der Waals surface area contributed by atoms with Crippen molar-refractivity contribution in [3.63, 3.8) is 0 Å². The highest BCUT2D eigenvalue weighted by Crippen LogP contribution is 2.28. The lowest BCUT2D eigenvalue weighted by Gasteiger charge is -2.22. The van der Waals surface area contributed by atoms with Crippen molar-refractivity contribution in [3.8, 4) is 5.75 Å². The molecular weight excluding hydrogens is 212 g/mol. The Labute approximate surface area is 105 Å². The predicted molar refractivity (Wildman–Crippen MR) is 71.7 cm³/mol. The molecule has 0 fully saturated rings. The van der Waals surface area contributed by atoms with Crippen molar-refractivity contribution in [1.82, 2.24) is 0 Å². The van der Waals surface area contributed by atoms with Gasteiger partial charge in [0, 0.05) is 0 Å². The van der Waals surface area contributed by atoms with Crippen LogP contribution in [0.15, 0.2) is 18.2 Å². The number of aliphatic hydroxyl groups is 1. The van der Waals surface area contributed by atoms with Crippen LogP contribution in [0.4, 0.5) is 0 Å². The van der Waals surface area contributed by atoms with Gasteiger partial charge in [0.15, 0.2) is 0 Å². The van der Waals surface area contributed by atoms with Crippen molar-refractivity contribution in [2.24, 2.45) is 0 Å². The maximum atomic E-state index is 9.76. The van der Waals surface area contributed by atoms with E-state index in [1.165, 1.54) is 11.1 Å². The van der Waals surface area contributed by atoms with Gasteiger partial charge in [-0.15, -0.1) is 0 Å². The standard InChI is InChI=1S/C15H24O2/c1-6-14(16)12(5)17-15-9-11(4)7-8-13(15)10(2)3/h7-10,12,14,16H,6H2,1-5H3. The molecule has 0 spiro atoms. The molecule has 0 bridgehead atoms. The summed E-state index contributed by atoms with van der Waals surface area (Å²) in [5.74, 6) is 1.33. The van der Waals surface area contributed by atoms with Gasteiger partial charge in [0.05, 0.1) is 6.10 Å². The van der Waals surface area contributed by atoms with Gasteiger partial charge in [0.25, 0.3) is 0 Å². The molecule has 2 atom stereocenters. The molecule has 0 heterocycles. The first-order chi connectivity index (χ1) is 7.95. The van der Waals surface area contributed by atoms with Crippen molar-refractivity contribution in [2.75, 3.05) is 0 Å². The molecule has 2 nitrogen and oxygen atoms in total. The van der Waals surface area contributed by atoms with Crippen LogP contribution in [0, 0.1) is 6.92 Å². The fourth-order valence-corrected chi connectivity index (χ4v) is 1.83. The number of hydrogen-bond donors (Lipinski definition) is 1. The van der Waals surface area contributed by atoms with Gasteiger partial charge in [-0.2, -0.15) is 0 Å². The van der Waals surface area contributed by atoms with Gasteiger partial charge in [-0.3, -0.25) is 0 Å². The van der Waals surface area contributed by atoms with Crippen LogP contribution in [-0.2, 0) is 0 Å². The topological polar surface area (TPSA) is 29.5 Å². The van der Waals surface area contributed by atoms with Gasteiger partial charge in [-0.05, 0) is 43.4 Å². The Morgan fingerprint density at radius 2 is 1.88 bits per heavy atom. The minimum atomic E-state index is -0.407. The summed E-state index contributed by atoms with van der Waals surface area (Å²) in [5.41, 5.74) is 2.38. The minimum Gasteiger partial charge on any atom is -0.488 e. The van der Waals surface area contributed by atoms with E-state index in [4.69, 9.17) is 4.74 Å². The Bertz CT molecular complexity index is 358.